The smallest absolute Gasteiger partial charge is 0.145 e. The number of hydrogen-bond acceptors (Lipinski definition) is 2. The molecule has 106 valence electrons. The third kappa shape index (κ3) is 3.15. The van der Waals surface area contributed by atoms with Crippen LogP contribution in [0, 0.1) is 18.6 Å². The highest BCUT2D eigenvalue weighted by molar-refractivity contribution is 6.30. The molecule has 0 aromatic heterocycles. The van der Waals surface area contributed by atoms with Crippen LogP contribution in [-0.2, 0) is 6.42 Å². The van der Waals surface area contributed by atoms with Crippen LogP contribution in [0.25, 0.3) is 0 Å². The zero-order valence-corrected chi connectivity index (χ0v) is 11.7. The Labute approximate surface area is 121 Å². The molecule has 3 N–H and O–H groups in total. The molecule has 0 aliphatic rings. The molecule has 20 heavy (non-hydrogen) atoms. The standard InChI is InChI=1S/C15H15ClF2N2/c1-9-5-6-13(17)11(7-9)14(20-19)8-10-3-2-4-12(16)15(10)18/h2-7,14,20H,8,19H2,1H3. The van der Waals surface area contributed by atoms with E-state index in [2.05, 4.69) is 5.43 Å². The van der Waals surface area contributed by atoms with Crippen molar-refractivity contribution in [1.82, 2.24) is 5.43 Å². The molecule has 2 aromatic rings. The van der Waals surface area contributed by atoms with Crippen LogP contribution in [0.5, 0.6) is 0 Å². The maximum atomic E-state index is 13.9. The van der Waals surface area contributed by atoms with Crippen molar-refractivity contribution in [2.45, 2.75) is 19.4 Å². The molecule has 0 radical (unpaired) electrons. The van der Waals surface area contributed by atoms with E-state index in [-0.39, 0.29) is 17.3 Å². The molecular formula is C15H15ClF2N2. The van der Waals surface area contributed by atoms with Crippen molar-refractivity contribution in [3.8, 4) is 0 Å². The molecule has 0 saturated carbocycles. The van der Waals surface area contributed by atoms with Gasteiger partial charge >= 0.3 is 0 Å². The third-order valence-corrected chi connectivity index (χ3v) is 3.48. The molecule has 0 amide bonds. The van der Waals surface area contributed by atoms with Gasteiger partial charge in [-0.15, -0.1) is 0 Å². The average Bonchev–Trinajstić information content (AvgIpc) is 2.43. The number of nitrogens with two attached hydrogens (primary N) is 1. The summed E-state index contributed by atoms with van der Waals surface area (Å²) in [6.07, 6.45) is 0.212. The Balaban J connectivity index is 2.34. The molecule has 2 aromatic carbocycles. The first-order valence-corrected chi connectivity index (χ1v) is 6.55. The number of nitrogens with one attached hydrogen (secondary N) is 1. The number of hydrogen-bond donors (Lipinski definition) is 2. The molecule has 2 nitrogen and oxygen atoms in total. The van der Waals surface area contributed by atoms with Crippen LogP contribution in [0.4, 0.5) is 8.78 Å². The van der Waals surface area contributed by atoms with Gasteiger partial charge in [0.2, 0.25) is 0 Å². The monoisotopic (exact) mass is 296 g/mol. The zero-order chi connectivity index (χ0) is 14.7. The summed E-state index contributed by atoms with van der Waals surface area (Å²) in [5, 5.41) is 0.0444. The molecule has 1 atom stereocenters. The lowest BCUT2D eigenvalue weighted by molar-refractivity contribution is 0.498. The van der Waals surface area contributed by atoms with E-state index >= 15 is 0 Å². The summed E-state index contributed by atoms with van der Waals surface area (Å²) < 4.78 is 27.8. The second-order valence-corrected chi connectivity index (χ2v) is 5.07. The molecular weight excluding hydrogens is 282 g/mol. The first-order chi connectivity index (χ1) is 9.52. The summed E-state index contributed by atoms with van der Waals surface area (Å²) >= 11 is 5.74. The van der Waals surface area contributed by atoms with Crippen LogP contribution in [0.2, 0.25) is 5.02 Å². The van der Waals surface area contributed by atoms with E-state index in [1.54, 1.807) is 24.3 Å². The summed E-state index contributed by atoms with van der Waals surface area (Å²) in [5.41, 5.74) is 4.24. The van der Waals surface area contributed by atoms with Crippen molar-refractivity contribution in [2.24, 2.45) is 5.84 Å². The second-order valence-electron chi connectivity index (χ2n) is 4.66. The van der Waals surface area contributed by atoms with Gasteiger partial charge in [-0.3, -0.25) is 11.3 Å². The van der Waals surface area contributed by atoms with Crippen LogP contribution in [0.1, 0.15) is 22.7 Å². The third-order valence-electron chi connectivity index (χ3n) is 3.18. The topological polar surface area (TPSA) is 38.0 Å². The Morgan fingerprint density at radius 2 is 2.00 bits per heavy atom. The Kier molecular flexibility index (Phi) is 4.70. The molecule has 0 heterocycles. The van der Waals surface area contributed by atoms with E-state index in [1.807, 2.05) is 6.92 Å². The first-order valence-electron chi connectivity index (χ1n) is 6.18. The zero-order valence-electron chi connectivity index (χ0n) is 11.0. The SMILES string of the molecule is Cc1ccc(F)c(C(Cc2cccc(Cl)c2F)NN)c1. The lowest BCUT2D eigenvalue weighted by Crippen LogP contribution is -2.30. The number of benzene rings is 2. The predicted octanol–water partition coefficient (Wildman–Crippen LogP) is 3.67. The van der Waals surface area contributed by atoms with Crippen molar-refractivity contribution in [1.29, 1.82) is 0 Å². The fourth-order valence-electron chi connectivity index (χ4n) is 2.11. The highest BCUT2D eigenvalue weighted by atomic mass is 35.5. The molecule has 1 unspecified atom stereocenters. The van der Waals surface area contributed by atoms with Crippen molar-refractivity contribution in [3.63, 3.8) is 0 Å². The van der Waals surface area contributed by atoms with Crippen LogP contribution in [0.3, 0.4) is 0 Å². The Hall–Kier alpha value is -1.49. The highest BCUT2D eigenvalue weighted by Gasteiger charge is 2.18. The van der Waals surface area contributed by atoms with E-state index in [0.29, 0.717) is 11.1 Å². The quantitative estimate of drug-likeness (QED) is 0.667. The fraction of sp³-hybridized carbons (Fsp3) is 0.200. The maximum Gasteiger partial charge on any atom is 0.145 e. The molecule has 0 saturated heterocycles. The summed E-state index contributed by atoms with van der Waals surface area (Å²) in [5.74, 6) is 4.62. The molecule has 0 fully saturated rings. The van der Waals surface area contributed by atoms with Crippen LogP contribution in [0.15, 0.2) is 36.4 Å². The van der Waals surface area contributed by atoms with Crippen molar-refractivity contribution in [3.05, 3.63) is 69.7 Å². The number of hydrazine groups is 1. The van der Waals surface area contributed by atoms with Gasteiger partial charge in [0.15, 0.2) is 0 Å². The summed E-state index contributed by atoms with van der Waals surface area (Å²) in [6.45, 7) is 1.86. The predicted molar refractivity (Wildman–Crippen MR) is 76.3 cm³/mol. The van der Waals surface area contributed by atoms with Gasteiger partial charge in [-0.2, -0.15) is 0 Å². The van der Waals surface area contributed by atoms with Gasteiger partial charge in [0, 0.05) is 5.56 Å². The van der Waals surface area contributed by atoms with Crippen LogP contribution in [-0.4, -0.2) is 0 Å². The summed E-state index contributed by atoms with van der Waals surface area (Å²) in [6, 6.07) is 8.96. The number of aryl methyl sites for hydroxylation is 1. The maximum absolute atomic E-state index is 13.9. The van der Waals surface area contributed by atoms with Gasteiger partial charge < -0.3 is 0 Å². The summed E-state index contributed by atoms with van der Waals surface area (Å²) in [7, 11) is 0. The van der Waals surface area contributed by atoms with E-state index in [1.165, 1.54) is 12.1 Å². The van der Waals surface area contributed by atoms with E-state index in [4.69, 9.17) is 17.4 Å². The molecule has 0 spiro atoms. The molecule has 5 heteroatoms. The van der Waals surface area contributed by atoms with Gasteiger partial charge in [-0.25, -0.2) is 8.78 Å². The summed E-state index contributed by atoms with van der Waals surface area (Å²) in [4.78, 5) is 0. The average molecular weight is 297 g/mol. The minimum absolute atomic E-state index is 0.0444. The normalized spacial score (nSPS) is 12.4. The minimum atomic E-state index is -0.525. The Bertz CT molecular complexity index is 617. The molecule has 2 rings (SSSR count). The fourth-order valence-corrected chi connectivity index (χ4v) is 2.31. The van der Waals surface area contributed by atoms with Crippen molar-refractivity contribution < 1.29 is 8.78 Å². The lowest BCUT2D eigenvalue weighted by atomic mass is 9.97. The number of rotatable bonds is 4. The molecule has 0 aliphatic heterocycles. The second kappa shape index (κ2) is 6.31. The molecule has 0 bridgehead atoms. The van der Waals surface area contributed by atoms with E-state index in [9.17, 15) is 8.78 Å². The van der Waals surface area contributed by atoms with Gasteiger partial charge in [-0.05, 0) is 31.0 Å². The van der Waals surface area contributed by atoms with Crippen LogP contribution < -0.4 is 11.3 Å². The minimum Gasteiger partial charge on any atom is -0.271 e. The number of halogens is 3. The van der Waals surface area contributed by atoms with Crippen LogP contribution >= 0.6 is 11.6 Å². The largest absolute Gasteiger partial charge is 0.271 e. The lowest BCUT2D eigenvalue weighted by Gasteiger charge is -2.18. The van der Waals surface area contributed by atoms with Gasteiger partial charge in [0.25, 0.3) is 0 Å². The molecule has 0 aliphatic carbocycles. The van der Waals surface area contributed by atoms with E-state index < -0.39 is 11.9 Å². The highest BCUT2D eigenvalue weighted by Crippen LogP contribution is 2.25. The Morgan fingerprint density at radius 3 is 2.70 bits per heavy atom. The first kappa shape index (κ1) is 14.9. The van der Waals surface area contributed by atoms with Crippen molar-refractivity contribution >= 4 is 11.6 Å². The van der Waals surface area contributed by atoms with E-state index in [0.717, 1.165) is 5.56 Å². The van der Waals surface area contributed by atoms with Gasteiger partial charge in [0.05, 0.1) is 11.1 Å². The Morgan fingerprint density at radius 1 is 1.25 bits per heavy atom. The van der Waals surface area contributed by atoms with Gasteiger partial charge in [0.1, 0.15) is 11.6 Å². The van der Waals surface area contributed by atoms with Crippen molar-refractivity contribution in [2.75, 3.05) is 0 Å². The van der Waals surface area contributed by atoms with Gasteiger partial charge in [-0.1, -0.05) is 41.4 Å².